The van der Waals surface area contributed by atoms with Gasteiger partial charge in [0.1, 0.15) is 0 Å². The van der Waals surface area contributed by atoms with E-state index in [-0.39, 0.29) is 28.3 Å². The third-order valence-electron chi connectivity index (χ3n) is 3.80. The zero-order chi connectivity index (χ0) is 21.3. The fraction of sp³-hybridized carbons (Fsp3) is 0.350. The lowest BCUT2D eigenvalue weighted by atomic mass is 10.1. The normalized spacial score (nSPS) is 11.0. The van der Waals surface area contributed by atoms with Gasteiger partial charge in [-0.25, -0.2) is 15.6 Å². The molecule has 0 saturated carbocycles. The van der Waals surface area contributed by atoms with Crippen LogP contribution in [0.3, 0.4) is 0 Å². The SMILES string of the molecule is C=C(C(=O)O)c1sc(NC(=O)C(C)CCC)nc1N(N)c1ccccc1.CC. The van der Waals surface area contributed by atoms with E-state index in [9.17, 15) is 14.7 Å². The number of thiazole rings is 1. The van der Waals surface area contributed by atoms with E-state index in [4.69, 9.17) is 5.84 Å². The van der Waals surface area contributed by atoms with Crippen LogP contribution >= 0.6 is 11.3 Å². The first-order valence-electron chi connectivity index (χ1n) is 9.19. The van der Waals surface area contributed by atoms with Crippen molar-refractivity contribution >= 4 is 45.4 Å². The Morgan fingerprint density at radius 1 is 1.32 bits per heavy atom. The van der Waals surface area contributed by atoms with Crippen molar-refractivity contribution in [1.29, 1.82) is 0 Å². The molecule has 0 aliphatic rings. The van der Waals surface area contributed by atoms with Crippen LogP contribution in [-0.2, 0) is 9.59 Å². The Balaban J connectivity index is 0.00000190. The number of nitrogens with zero attached hydrogens (tertiary/aromatic N) is 2. The number of carbonyl (C=O) groups excluding carboxylic acids is 1. The summed E-state index contributed by atoms with van der Waals surface area (Å²) in [6.07, 6.45) is 1.65. The summed E-state index contributed by atoms with van der Waals surface area (Å²) < 4.78 is 0. The average molecular weight is 405 g/mol. The molecule has 0 radical (unpaired) electrons. The number of aromatic nitrogens is 1. The molecule has 28 heavy (non-hydrogen) atoms. The maximum absolute atomic E-state index is 12.2. The Kier molecular flexibility index (Phi) is 9.34. The molecule has 7 nitrogen and oxygen atoms in total. The van der Waals surface area contributed by atoms with Gasteiger partial charge in [0.2, 0.25) is 5.91 Å². The first-order chi connectivity index (χ1) is 13.3. The molecule has 0 aliphatic carbocycles. The number of rotatable bonds is 8. The minimum absolute atomic E-state index is 0.133. The van der Waals surface area contributed by atoms with E-state index >= 15 is 0 Å². The molecular weight excluding hydrogens is 376 g/mol. The van der Waals surface area contributed by atoms with Crippen LogP contribution in [0, 0.1) is 5.92 Å². The quantitative estimate of drug-likeness (QED) is 0.336. The van der Waals surface area contributed by atoms with Crippen LogP contribution < -0.4 is 16.2 Å². The Morgan fingerprint density at radius 3 is 2.46 bits per heavy atom. The van der Waals surface area contributed by atoms with Crippen molar-refractivity contribution in [3.05, 3.63) is 41.8 Å². The summed E-state index contributed by atoms with van der Waals surface area (Å²) in [5.41, 5.74) is 0.500. The molecule has 0 fully saturated rings. The molecule has 1 unspecified atom stereocenters. The number of carboxylic acids is 1. The summed E-state index contributed by atoms with van der Waals surface area (Å²) in [5, 5.41) is 13.6. The lowest BCUT2D eigenvalue weighted by Gasteiger charge is -2.17. The highest BCUT2D eigenvalue weighted by Crippen LogP contribution is 2.36. The molecule has 0 saturated heterocycles. The molecule has 1 aromatic carbocycles. The number of nitrogens with two attached hydrogens (primary N) is 1. The zero-order valence-corrected chi connectivity index (χ0v) is 17.5. The van der Waals surface area contributed by atoms with Crippen LogP contribution in [0.5, 0.6) is 0 Å². The van der Waals surface area contributed by atoms with Gasteiger partial charge in [-0.1, -0.05) is 70.2 Å². The van der Waals surface area contributed by atoms with E-state index in [0.717, 1.165) is 24.2 Å². The number of carbonyl (C=O) groups is 2. The Bertz CT molecular complexity index is 805. The van der Waals surface area contributed by atoms with Gasteiger partial charge >= 0.3 is 5.97 Å². The van der Waals surface area contributed by atoms with Crippen LogP contribution in [0.25, 0.3) is 5.57 Å². The minimum Gasteiger partial charge on any atom is -0.478 e. The van der Waals surface area contributed by atoms with Gasteiger partial charge in [-0.2, -0.15) is 0 Å². The summed E-state index contributed by atoms with van der Waals surface area (Å²) in [6.45, 7) is 11.4. The summed E-state index contributed by atoms with van der Waals surface area (Å²) in [5.74, 6) is 4.86. The molecule has 152 valence electrons. The Hall–Kier alpha value is -2.71. The number of para-hydroxylation sites is 1. The van der Waals surface area contributed by atoms with Gasteiger partial charge in [0.05, 0.1) is 16.1 Å². The van der Waals surface area contributed by atoms with Gasteiger partial charge in [0, 0.05) is 5.92 Å². The van der Waals surface area contributed by atoms with Crippen molar-refractivity contribution in [3.8, 4) is 0 Å². The first kappa shape index (κ1) is 23.3. The number of carboxylic acid groups (broad SMARTS) is 1. The van der Waals surface area contributed by atoms with Crippen LogP contribution in [0.2, 0.25) is 0 Å². The molecule has 1 aromatic heterocycles. The number of nitrogens with one attached hydrogen (secondary N) is 1. The standard InChI is InChI=1S/C18H22N4O3S.C2H6/c1-4-8-11(2)16(23)21-18-20-15(14(26-18)12(3)17(24)25)22(19)13-9-6-5-7-10-13;1-2/h5-7,9-11H,3-4,8,19H2,1-2H3,(H,24,25)(H,20,21,23);1-2H3. The van der Waals surface area contributed by atoms with E-state index in [0.29, 0.717) is 10.6 Å². The van der Waals surface area contributed by atoms with Crippen molar-refractivity contribution in [3.63, 3.8) is 0 Å². The number of hydrazine groups is 1. The second-order valence-corrected chi connectivity index (χ2v) is 6.84. The molecular formula is C20H28N4O3S. The van der Waals surface area contributed by atoms with Gasteiger partial charge in [-0.05, 0) is 18.6 Å². The predicted molar refractivity (Wildman–Crippen MR) is 116 cm³/mol. The van der Waals surface area contributed by atoms with E-state index in [1.165, 1.54) is 5.01 Å². The molecule has 0 bridgehead atoms. The van der Waals surface area contributed by atoms with Crippen molar-refractivity contribution in [2.45, 2.75) is 40.5 Å². The maximum Gasteiger partial charge on any atom is 0.336 e. The maximum atomic E-state index is 12.2. The lowest BCUT2D eigenvalue weighted by Crippen LogP contribution is -2.26. The monoisotopic (exact) mass is 404 g/mol. The molecule has 2 rings (SSSR count). The number of aliphatic carboxylic acids is 1. The van der Waals surface area contributed by atoms with Crippen LogP contribution in [-0.4, -0.2) is 22.0 Å². The van der Waals surface area contributed by atoms with Crippen molar-refractivity contribution in [2.24, 2.45) is 11.8 Å². The van der Waals surface area contributed by atoms with E-state index in [2.05, 4.69) is 16.9 Å². The number of amides is 1. The van der Waals surface area contributed by atoms with Gasteiger partial charge in [-0.3, -0.25) is 9.80 Å². The minimum atomic E-state index is -1.17. The summed E-state index contributed by atoms with van der Waals surface area (Å²) in [6, 6.07) is 9.00. The highest BCUT2D eigenvalue weighted by atomic mass is 32.1. The number of anilines is 3. The van der Waals surface area contributed by atoms with E-state index < -0.39 is 5.97 Å². The third kappa shape index (κ3) is 5.90. The van der Waals surface area contributed by atoms with E-state index in [1.54, 1.807) is 12.1 Å². The van der Waals surface area contributed by atoms with Crippen molar-refractivity contribution in [2.75, 3.05) is 10.3 Å². The van der Waals surface area contributed by atoms with Crippen LogP contribution in [0.1, 0.15) is 45.4 Å². The fourth-order valence-electron chi connectivity index (χ4n) is 2.33. The van der Waals surface area contributed by atoms with Gasteiger partial charge < -0.3 is 10.4 Å². The molecule has 0 aliphatic heterocycles. The molecule has 0 spiro atoms. The van der Waals surface area contributed by atoms with Gasteiger partial charge in [0.25, 0.3) is 0 Å². The zero-order valence-electron chi connectivity index (χ0n) is 16.7. The number of hydrogen-bond acceptors (Lipinski definition) is 6. The summed E-state index contributed by atoms with van der Waals surface area (Å²) in [4.78, 5) is 28.2. The second-order valence-electron chi connectivity index (χ2n) is 5.84. The molecule has 2 aromatic rings. The molecule has 1 amide bonds. The van der Waals surface area contributed by atoms with Crippen molar-refractivity contribution < 1.29 is 14.7 Å². The summed E-state index contributed by atoms with van der Waals surface area (Å²) >= 11 is 1.04. The van der Waals surface area contributed by atoms with Crippen LogP contribution in [0.4, 0.5) is 16.6 Å². The highest BCUT2D eigenvalue weighted by Gasteiger charge is 2.24. The summed E-state index contributed by atoms with van der Waals surface area (Å²) in [7, 11) is 0. The highest BCUT2D eigenvalue weighted by molar-refractivity contribution is 7.17. The topological polar surface area (TPSA) is 109 Å². The Labute approximate surface area is 169 Å². The largest absolute Gasteiger partial charge is 0.478 e. The second kappa shape index (κ2) is 11.2. The molecule has 1 atom stereocenters. The smallest absolute Gasteiger partial charge is 0.336 e. The number of hydrogen-bond donors (Lipinski definition) is 3. The molecule has 4 N–H and O–H groups in total. The first-order valence-corrected chi connectivity index (χ1v) is 10.0. The molecule has 1 heterocycles. The Morgan fingerprint density at radius 2 is 1.93 bits per heavy atom. The van der Waals surface area contributed by atoms with Crippen LogP contribution in [0.15, 0.2) is 36.9 Å². The van der Waals surface area contributed by atoms with Gasteiger partial charge in [0.15, 0.2) is 10.9 Å². The number of benzene rings is 1. The molecule has 8 heteroatoms. The predicted octanol–water partition coefficient (Wildman–Crippen LogP) is 4.65. The lowest BCUT2D eigenvalue weighted by molar-refractivity contribution is -0.130. The van der Waals surface area contributed by atoms with Crippen molar-refractivity contribution in [1.82, 2.24) is 4.98 Å². The van der Waals surface area contributed by atoms with E-state index in [1.807, 2.05) is 45.9 Å². The van der Waals surface area contributed by atoms with Gasteiger partial charge in [-0.15, -0.1) is 0 Å². The third-order valence-corrected chi connectivity index (χ3v) is 4.82. The fourth-order valence-corrected chi connectivity index (χ4v) is 3.25. The average Bonchev–Trinajstić information content (AvgIpc) is 3.12.